The van der Waals surface area contributed by atoms with E-state index in [4.69, 9.17) is 19.2 Å². The number of aliphatic carboxylic acids is 1. The minimum atomic E-state index is -5.08. The number of carboxylic acid groups (broad SMARTS) is 1. The fraction of sp³-hybridized carbons (Fsp3) is 0.222. The number of thiophene rings is 1. The molecule has 3 aromatic rings. The highest BCUT2D eigenvalue weighted by Gasteiger charge is 2.38. The lowest BCUT2D eigenvalue weighted by atomic mass is 10.3. The van der Waals surface area contributed by atoms with Crippen LogP contribution in [0.1, 0.15) is 10.6 Å². The van der Waals surface area contributed by atoms with Crippen molar-refractivity contribution < 1.29 is 40.8 Å². The fourth-order valence-corrected chi connectivity index (χ4v) is 4.97. The second kappa shape index (κ2) is 10.9. The molecule has 2 heterocycles. The van der Waals surface area contributed by atoms with Gasteiger partial charge in [-0.1, -0.05) is 11.2 Å². The molecule has 3 rings (SSSR count). The number of sulfonamides is 1. The van der Waals surface area contributed by atoms with Gasteiger partial charge in [0.25, 0.3) is 15.9 Å². The second-order valence-electron chi connectivity index (χ2n) is 6.11. The standard InChI is InChI=1S/C16H16BrN3O4S2.C2HF3O2/c1-10-15(17)16(24-19-10)20-26(21,22)14-6-7-25-13(14)9-18-11-4-3-5-12(8-11)23-2;3-2(4,5)1(6)7/h3-8,18,20H,9H2,1-2H3;(H,6,7). The van der Waals surface area contributed by atoms with Crippen LogP contribution in [-0.2, 0) is 21.4 Å². The van der Waals surface area contributed by atoms with Gasteiger partial charge in [-0.2, -0.15) is 13.2 Å². The molecule has 0 saturated heterocycles. The molecule has 0 aliphatic rings. The van der Waals surface area contributed by atoms with Crippen LogP contribution in [0.15, 0.2) is 49.6 Å². The number of carboxylic acids is 1. The van der Waals surface area contributed by atoms with Crippen molar-refractivity contribution in [2.75, 3.05) is 17.1 Å². The first-order valence-electron chi connectivity index (χ1n) is 8.74. The first-order chi connectivity index (χ1) is 15.3. The molecule has 0 fully saturated rings. The Morgan fingerprint density at radius 2 is 2.00 bits per heavy atom. The molecule has 0 amide bonds. The number of hydrogen-bond donors (Lipinski definition) is 3. The van der Waals surface area contributed by atoms with E-state index in [9.17, 15) is 21.6 Å². The zero-order valence-electron chi connectivity index (χ0n) is 16.9. The molecule has 0 aliphatic carbocycles. The zero-order valence-corrected chi connectivity index (χ0v) is 20.2. The number of rotatable bonds is 7. The first-order valence-corrected chi connectivity index (χ1v) is 11.9. The summed E-state index contributed by atoms with van der Waals surface area (Å²) in [7, 11) is -2.20. The van der Waals surface area contributed by atoms with Crippen LogP contribution in [-0.4, -0.2) is 37.9 Å². The number of halogens is 4. The molecule has 0 spiro atoms. The summed E-state index contributed by atoms with van der Waals surface area (Å²) in [6.45, 7) is 2.07. The SMILES string of the molecule is COc1cccc(NCc2sccc2S(=O)(=O)Nc2onc(C)c2Br)c1.O=C(O)C(F)(F)F. The Morgan fingerprint density at radius 3 is 2.55 bits per heavy atom. The van der Waals surface area contributed by atoms with Gasteiger partial charge in [0.1, 0.15) is 15.1 Å². The number of benzene rings is 1. The van der Waals surface area contributed by atoms with Crippen LogP contribution in [0.4, 0.5) is 24.7 Å². The van der Waals surface area contributed by atoms with Crippen molar-refractivity contribution in [2.45, 2.75) is 24.5 Å². The van der Waals surface area contributed by atoms with Crippen LogP contribution >= 0.6 is 27.3 Å². The minimum Gasteiger partial charge on any atom is -0.497 e. The van der Waals surface area contributed by atoms with Crippen molar-refractivity contribution in [3.8, 4) is 5.75 Å². The maximum absolute atomic E-state index is 12.7. The van der Waals surface area contributed by atoms with Gasteiger partial charge in [0.2, 0.25) is 0 Å². The monoisotopic (exact) mass is 571 g/mol. The number of aryl methyl sites for hydroxylation is 1. The summed E-state index contributed by atoms with van der Waals surface area (Å²) in [6, 6.07) is 8.99. The number of nitrogens with zero attached hydrogens (tertiary/aromatic N) is 1. The number of hydrogen-bond acceptors (Lipinski definition) is 8. The molecular weight excluding hydrogens is 555 g/mol. The summed E-state index contributed by atoms with van der Waals surface area (Å²) in [5, 5.41) is 15.8. The molecule has 0 aliphatic heterocycles. The average molecular weight is 572 g/mol. The van der Waals surface area contributed by atoms with Crippen molar-refractivity contribution >= 4 is 54.8 Å². The predicted molar refractivity (Wildman–Crippen MR) is 118 cm³/mol. The normalized spacial score (nSPS) is 11.3. The molecule has 0 atom stereocenters. The number of carbonyl (C=O) groups is 1. The van der Waals surface area contributed by atoms with E-state index in [1.807, 2.05) is 24.3 Å². The maximum atomic E-state index is 12.7. The van der Waals surface area contributed by atoms with Crippen LogP contribution in [0, 0.1) is 6.92 Å². The molecular formula is C18H17BrF3N3O6S2. The smallest absolute Gasteiger partial charge is 0.490 e. The third-order valence-corrected chi connectivity index (χ3v) is 7.18. The Bertz CT molecular complexity index is 1210. The maximum Gasteiger partial charge on any atom is 0.490 e. The van der Waals surface area contributed by atoms with Gasteiger partial charge < -0.3 is 19.7 Å². The van der Waals surface area contributed by atoms with E-state index in [2.05, 4.69) is 31.1 Å². The lowest BCUT2D eigenvalue weighted by Gasteiger charge is -2.10. The Hall–Kier alpha value is -2.78. The Kier molecular flexibility index (Phi) is 8.74. The summed E-state index contributed by atoms with van der Waals surface area (Å²) in [5.41, 5.74) is 1.40. The van der Waals surface area contributed by atoms with Gasteiger partial charge >= 0.3 is 12.1 Å². The number of anilines is 2. The molecule has 2 aromatic heterocycles. The number of nitrogens with one attached hydrogen (secondary N) is 2. The van der Waals surface area contributed by atoms with Gasteiger partial charge in [-0.05, 0) is 46.4 Å². The molecule has 180 valence electrons. The van der Waals surface area contributed by atoms with Crippen LogP contribution in [0.2, 0.25) is 0 Å². The largest absolute Gasteiger partial charge is 0.497 e. The van der Waals surface area contributed by atoms with E-state index < -0.39 is 22.2 Å². The van der Waals surface area contributed by atoms with Crippen molar-refractivity contribution in [3.05, 3.63) is 50.8 Å². The van der Waals surface area contributed by atoms with Gasteiger partial charge in [0.05, 0.1) is 19.3 Å². The van der Waals surface area contributed by atoms with Gasteiger partial charge in [0.15, 0.2) is 0 Å². The molecule has 0 saturated carbocycles. The van der Waals surface area contributed by atoms with E-state index in [-0.39, 0.29) is 10.8 Å². The number of ether oxygens (including phenoxy) is 1. The molecule has 33 heavy (non-hydrogen) atoms. The fourth-order valence-electron chi connectivity index (χ4n) is 2.21. The molecule has 15 heteroatoms. The van der Waals surface area contributed by atoms with Crippen LogP contribution < -0.4 is 14.8 Å². The Labute approximate surface area is 198 Å². The lowest BCUT2D eigenvalue weighted by Crippen LogP contribution is -2.21. The van der Waals surface area contributed by atoms with Crippen molar-refractivity contribution in [3.63, 3.8) is 0 Å². The molecule has 9 nitrogen and oxygen atoms in total. The summed E-state index contributed by atoms with van der Waals surface area (Å²) < 4.78 is 70.2. The highest BCUT2D eigenvalue weighted by Crippen LogP contribution is 2.30. The van der Waals surface area contributed by atoms with E-state index in [0.717, 1.165) is 11.4 Å². The predicted octanol–water partition coefficient (Wildman–Crippen LogP) is 4.86. The topological polar surface area (TPSA) is 131 Å². The quantitative estimate of drug-likeness (QED) is 0.366. The summed E-state index contributed by atoms with van der Waals surface area (Å²) >= 11 is 4.61. The highest BCUT2D eigenvalue weighted by molar-refractivity contribution is 9.10. The first kappa shape index (κ1) is 26.5. The molecule has 0 unspecified atom stereocenters. The van der Waals surface area contributed by atoms with Gasteiger partial charge in [-0.15, -0.1) is 11.3 Å². The molecule has 3 N–H and O–H groups in total. The number of methoxy groups -OCH3 is 1. The van der Waals surface area contributed by atoms with Crippen molar-refractivity contribution in [2.24, 2.45) is 0 Å². The summed E-state index contributed by atoms with van der Waals surface area (Å²) in [5.74, 6) is -1.98. The van der Waals surface area contributed by atoms with Crippen LogP contribution in [0.5, 0.6) is 5.75 Å². The van der Waals surface area contributed by atoms with Crippen molar-refractivity contribution in [1.82, 2.24) is 5.16 Å². The Balaban J connectivity index is 0.000000479. The van der Waals surface area contributed by atoms with Crippen molar-refractivity contribution in [1.29, 1.82) is 0 Å². The number of aromatic nitrogens is 1. The Morgan fingerprint density at radius 1 is 1.33 bits per heavy atom. The minimum absolute atomic E-state index is 0.0559. The van der Waals surface area contributed by atoms with E-state index in [0.29, 0.717) is 21.6 Å². The molecule has 0 radical (unpaired) electrons. The average Bonchev–Trinajstić information content (AvgIpc) is 3.35. The molecule has 0 bridgehead atoms. The van der Waals surface area contributed by atoms with Gasteiger partial charge in [0, 0.05) is 16.6 Å². The van der Waals surface area contributed by atoms with E-state index in [1.54, 1.807) is 25.5 Å². The number of alkyl halides is 3. The van der Waals surface area contributed by atoms with Gasteiger partial charge in [-0.25, -0.2) is 17.9 Å². The van der Waals surface area contributed by atoms with Crippen LogP contribution in [0.3, 0.4) is 0 Å². The third kappa shape index (κ3) is 7.36. The van der Waals surface area contributed by atoms with E-state index >= 15 is 0 Å². The lowest BCUT2D eigenvalue weighted by molar-refractivity contribution is -0.192. The summed E-state index contributed by atoms with van der Waals surface area (Å²) in [4.78, 5) is 9.76. The highest BCUT2D eigenvalue weighted by atomic mass is 79.9. The van der Waals surface area contributed by atoms with E-state index in [1.165, 1.54) is 11.3 Å². The van der Waals surface area contributed by atoms with Crippen LogP contribution in [0.25, 0.3) is 0 Å². The summed E-state index contributed by atoms with van der Waals surface area (Å²) in [6.07, 6.45) is -5.08. The zero-order chi connectivity index (χ0) is 24.8. The van der Waals surface area contributed by atoms with Gasteiger partial charge in [-0.3, -0.25) is 0 Å². The third-order valence-electron chi connectivity index (χ3n) is 3.78. The second-order valence-corrected chi connectivity index (χ2v) is 9.56. The molecule has 1 aromatic carbocycles.